The Morgan fingerprint density at radius 3 is 2.85 bits per heavy atom. The van der Waals surface area contributed by atoms with Crippen LogP contribution in [0.15, 0.2) is 18.2 Å². The number of anilines is 1. The van der Waals surface area contributed by atoms with Gasteiger partial charge in [0.15, 0.2) is 0 Å². The summed E-state index contributed by atoms with van der Waals surface area (Å²) in [6, 6.07) is 5.48. The summed E-state index contributed by atoms with van der Waals surface area (Å²) in [7, 11) is -0.323. The van der Waals surface area contributed by atoms with Crippen molar-refractivity contribution in [2.75, 3.05) is 38.3 Å². The molecule has 1 aromatic rings. The van der Waals surface area contributed by atoms with Crippen molar-refractivity contribution in [2.45, 2.75) is 6.42 Å². The highest BCUT2D eigenvalue weighted by Crippen LogP contribution is 2.22. The molecule has 110 valence electrons. The Kier molecular flexibility index (Phi) is 4.29. The Morgan fingerprint density at radius 2 is 2.15 bits per heavy atom. The van der Waals surface area contributed by atoms with Crippen LogP contribution in [0.3, 0.4) is 0 Å². The molecule has 2 N–H and O–H groups in total. The van der Waals surface area contributed by atoms with Gasteiger partial charge in [-0.1, -0.05) is 0 Å². The van der Waals surface area contributed by atoms with Gasteiger partial charge in [-0.2, -0.15) is 0 Å². The first-order valence-corrected chi connectivity index (χ1v) is 8.06. The summed E-state index contributed by atoms with van der Waals surface area (Å²) in [5.41, 5.74) is 2.75. The lowest BCUT2D eigenvalue weighted by atomic mass is 10.1. The fraction of sp³-hybridized carbons (Fsp3) is 0.462. The van der Waals surface area contributed by atoms with E-state index in [1.807, 2.05) is 12.1 Å². The van der Waals surface area contributed by atoms with Gasteiger partial charge in [-0.15, -0.1) is 0 Å². The van der Waals surface area contributed by atoms with Crippen LogP contribution in [0.25, 0.3) is 0 Å². The van der Waals surface area contributed by atoms with E-state index in [9.17, 15) is 13.2 Å². The lowest BCUT2D eigenvalue weighted by Crippen LogP contribution is -2.33. The number of hydrogen-bond donors (Lipinski definition) is 2. The zero-order chi connectivity index (χ0) is 14.8. The van der Waals surface area contributed by atoms with Crippen LogP contribution in [0.1, 0.15) is 15.9 Å². The smallest absolute Gasteiger partial charge is 0.251 e. The van der Waals surface area contributed by atoms with Gasteiger partial charge < -0.3 is 10.6 Å². The SMILES string of the molecule is CN(C)S(=O)(=O)CCNC(=O)c1ccc2c(c1)CCN2. The molecule has 1 aromatic carbocycles. The number of benzene rings is 1. The number of carbonyl (C=O) groups is 1. The molecule has 0 aliphatic carbocycles. The molecule has 1 aliphatic rings. The first-order chi connectivity index (χ1) is 9.40. The second kappa shape index (κ2) is 5.80. The third kappa shape index (κ3) is 3.29. The van der Waals surface area contributed by atoms with Gasteiger partial charge in [0.05, 0.1) is 5.75 Å². The third-order valence-corrected chi connectivity index (χ3v) is 5.11. The summed E-state index contributed by atoms with van der Waals surface area (Å²) in [6.45, 7) is 0.996. The van der Waals surface area contributed by atoms with Crippen molar-refractivity contribution >= 4 is 21.6 Å². The largest absolute Gasteiger partial charge is 0.384 e. The van der Waals surface area contributed by atoms with Crippen LogP contribution in [0.2, 0.25) is 0 Å². The van der Waals surface area contributed by atoms with E-state index < -0.39 is 10.0 Å². The monoisotopic (exact) mass is 297 g/mol. The van der Waals surface area contributed by atoms with Crippen molar-refractivity contribution in [3.05, 3.63) is 29.3 Å². The number of nitrogens with one attached hydrogen (secondary N) is 2. The fourth-order valence-corrected chi connectivity index (χ4v) is 2.75. The summed E-state index contributed by atoms with van der Waals surface area (Å²) in [5.74, 6) is -0.341. The number of amides is 1. The molecule has 2 rings (SSSR count). The first kappa shape index (κ1) is 14.8. The van der Waals surface area contributed by atoms with Gasteiger partial charge in [-0.3, -0.25) is 4.79 Å². The molecule has 0 atom stereocenters. The fourth-order valence-electron chi connectivity index (χ4n) is 2.02. The molecular formula is C13H19N3O3S. The molecule has 0 spiro atoms. The number of nitrogens with zero attached hydrogens (tertiary/aromatic N) is 1. The lowest BCUT2D eigenvalue weighted by molar-refractivity contribution is 0.0956. The minimum atomic E-state index is -3.28. The molecule has 0 aromatic heterocycles. The van der Waals surface area contributed by atoms with Crippen LogP contribution < -0.4 is 10.6 Å². The summed E-state index contributed by atoms with van der Waals surface area (Å²) >= 11 is 0. The highest BCUT2D eigenvalue weighted by atomic mass is 32.2. The van der Waals surface area contributed by atoms with Crippen LogP contribution >= 0.6 is 0 Å². The zero-order valence-corrected chi connectivity index (χ0v) is 12.5. The Balaban J connectivity index is 1.93. The second-order valence-electron chi connectivity index (χ2n) is 4.90. The standard InChI is InChI=1S/C13H19N3O3S/c1-16(2)20(18,19)8-7-15-13(17)11-3-4-12-10(9-11)5-6-14-12/h3-4,9,14H,5-8H2,1-2H3,(H,15,17). The molecule has 6 nitrogen and oxygen atoms in total. The molecule has 1 heterocycles. The molecule has 0 radical (unpaired) electrons. The van der Waals surface area contributed by atoms with Gasteiger partial charge in [0.1, 0.15) is 0 Å². The number of sulfonamides is 1. The van der Waals surface area contributed by atoms with Gasteiger partial charge in [0.2, 0.25) is 10.0 Å². The molecule has 0 saturated carbocycles. The summed E-state index contributed by atoms with van der Waals surface area (Å²) in [6.07, 6.45) is 0.908. The van der Waals surface area contributed by atoms with Crippen molar-refractivity contribution < 1.29 is 13.2 Å². The van der Waals surface area contributed by atoms with Gasteiger partial charge >= 0.3 is 0 Å². The number of fused-ring (bicyclic) bond motifs is 1. The van der Waals surface area contributed by atoms with Crippen LogP contribution in [0, 0.1) is 0 Å². The third-order valence-electron chi connectivity index (χ3n) is 3.28. The van der Waals surface area contributed by atoms with Crippen LogP contribution in [-0.2, 0) is 16.4 Å². The molecular weight excluding hydrogens is 278 g/mol. The maximum atomic E-state index is 12.0. The summed E-state index contributed by atoms with van der Waals surface area (Å²) in [5, 5.41) is 5.86. The topological polar surface area (TPSA) is 78.5 Å². The van der Waals surface area contributed by atoms with Gasteiger partial charge in [0, 0.05) is 38.4 Å². The molecule has 0 bridgehead atoms. The van der Waals surface area contributed by atoms with E-state index in [-0.39, 0.29) is 18.2 Å². The average molecular weight is 297 g/mol. The van der Waals surface area contributed by atoms with Gasteiger partial charge in [-0.05, 0) is 30.2 Å². The Morgan fingerprint density at radius 1 is 1.40 bits per heavy atom. The maximum absolute atomic E-state index is 12.0. The van der Waals surface area contributed by atoms with Gasteiger partial charge in [0.25, 0.3) is 5.91 Å². The minimum Gasteiger partial charge on any atom is -0.384 e. The van der Waals surface area contributed by atoms with Crippen molar-refractivity contribution in [2.24, 2.45) is 0 Å². The van der Waals surface area contributed by atoms with Crippen LogP contribution in [0.4, 0.5) is 5.69 Å². The van der Waals surface area contributed by atoms with Gasteiger partial charge in [-0.25, -0.2) is 12.7 Å². The Bertz CT molecular complexity index is 611. The predicted octanol–water partition coefficient (Wildman–Crippen LogP) is 0.276. The lowest BCUT2D eigenvalue weighted by Gasteiger charge is -2.11. The quantitative estimate of drug-likeness (QED) is 0.818. The number of rotatable bonds is 5. The first-order valence-electron chi connectivity index (χ1n) is 6.45. The van der Waals surface area contributed by atoms with E-state index in [4.69, 9.17) is 0 Å². The second-order valence-corrected chi connectivity index (χ2v) is 7.21. The number of hydrogen-bond acceptors (Lipinski definition) is 4. The van der Waals surface area contributed by atoms with E-state index in [2.05, 4.69) is 10.6 Å². The highest BCUT2D eigenvalue weighted by molar-refractivity contribution is 7.89. The Hall–Kier alpha value is -1.60. The van der Waals surface area contributed by atoms with Crippen molar-refractivity contribution in [3.63, 3.8) is 0 Å². The summed E-state index contributed by atoms with van der Waals surface area (Å²) in [4.78, 5) is 12.0. The maximum Gasteiger partial charge on any atom is 0.251 e. The van der Waals surface area contributed by atoms with E-state index in [0.717, 1.165) is 28.5 Å². The zero-order valence-electron chi connectivity index (χ0n) is 11.6. The van der Waals surface area contributed by atoms with Crippen LogP contribution in [-0.4, -0.2) is 51.6 Å². The molecule has 0 unspecified atom stereocenters. The molecule has 1 amide bonds. The number of carbonyl (C=O) groups excluding carboxylic acids is 1. The molecule has 0 saturated heterocycles. The molecule has 20 heavy (non-hydrogen) atoms. The normalized spacial score (nSPS) is 13.9. The average Bonchev–Trinajstić information content (AvgIpc) is 2.85. The molecule has 0 fully saturated rings. The highest BCUT2D eigenvalue weighted by Gasteiger charge is 2.16. The predicted molar refractivity (Wildman–Crippen MR) is 78.4 cm³/mol. The minimum absolute atomic E-state index is 0.0990. The van der Waals surface area contributed by atoms with E-state index in [1.165, 1.54) is 14.1 Å². The summed E-state index contributed by atoms with van der Waals surface area (Å²) < 4.78 is 24.3. The van der Waals surface area contributed by atoms with Crippen LogP contribution in [0.5, 0.6) is 0 Å². The van der Waals surface area contributed by atoms with Crippen molar-refractivity contribution in [1.29, 1.82) is 0 Å². The molecule has 1 aliphatic heterocycles. The Labute approximate surface area is 119 Å². The van der Waals surface area contributed by atoms with Crippen molar-refractivity contribution in [1.82, 2.24) is 9.62 Å². The van der Waals surface area contributed by atoms with E-state index in [1.54, 1.807) is 6.07 Å². The molecule has 7 heteroatoms. The van der Waals surface area contributed by atoms with Crippen molar-refractivity contribution in [3.8, 4) is 0 Å². The van der Waals surface area contributed by atoms with E-state index in [0.29, 0.717) is 5.56 Å². The van der Waals surface area contributed by atoms with E-state index >= 15 is 0 Å².